The molecule has 0 aliphatic rings. The summed E-state index contributed by atoms with van der Waals surface area (Å²) in [5, 5.41) is 0.325. The van der Waals surface area contributed by atoms with Crippen molar-refractivity contribution in [3.8, 4) is 0 Å². The number of imidazole rings is 1. The highest BCUT2D eigenvalue weighted by atomic mass is 35.5. The average molecular weight is 463 g/mol. The molecule has 7 nitrogen and oxygen atoms in total. The molecule has 0 saturated carbocycles. The molecule has 30 heavy (non-hydrogen) atoms. The Hall–Kier alpha value is -2.88. The van der Waals surface area contributed by atoms with Crippen molar-refractivity contribution in [1.29, 1.82) is 0 Å². The number of aromatic nitrogens is 2. The van der Waals surface area contributed by atoms with E-state index in [0.717, 1.165) is 0 Å². The lowest BCUT2D eigenvalue weighted by Crippen LogP contribution is -2.33. The summed E-state index contributed by atoms with van der Waals surface area (Å²) in [6.07, 6.45) is 0. The third-order valence-corrected chi connectivity index (χ3v) is 8.43. The molecule has 3 aromatic carbocycles. The van der Waals surface area contributed by atoms with Crippen LogP contribution in [0.2, 0.25) is 5.02 Å². The van der Waals surface area contributed by atoms with Gasteiger partial charge in [-0.25, -0.2) is 21.6 Å². The molecule has 10 heteroatoms. The molecule has 0 amide bonds. The normalized spacial score (nSPS) is 12.3. The quantitative estimate of drug-likeness (QED) is 0.464. The minimum absolute atomic E-state index is 0.0386. The van der Waals surface area contributed by atoms with E-state index in [1.807, 2.05) is 0 Å². The first kappa shape index (κ1) is 20.4. The lowest BCUT2D eigenvalue weighted by atomic mass is 10.2. The Bertz CT molecular complexity index is 1550. The van der Waals surface area contributed by atoms with Gasteiger partial charge in [0.15, 0.2) is 0 Å². The van der Waals surface area contributed by atoms with Gasteiger partial charge in [0, 0.05) is 5.02 Å². The fourth-order valence-electron chi connectivity index (χ4n) is 3.22. The van der Waals surface area contributed by atoms with Gasteiger partial charge in [-0.3, -0.25) is 0 Å². The summed E-state index contributed by atoms with van der Waals surface area (Å²) in [5.41, 5.74) is -0.853. The van der Waals surface area contributed by atoms with Crippen LogP contribution in [-0.2, 0) is 20.0 Å². The van der Waals surface area contributed by atoms with Gasteiger partial charge in [0.25, 0.3) is 20.0 Å². The third-order valence-electron chi connectivity index (χ3n) is 4.63. The maximum absolute atomic E-state index is 13.3. The fourth-order valence-corrected chi connectivity index (χ4v) is 6.41. The molecular weight excluding hydrogens is 448 g/mol. The molecule has 0 aliphatic carbocycles. The summed E-state index contributed by atoms with van der Waals surface area (Å²) in [6, 6.07) is 17.3. The van der Waals surface area contributed by atoms with Crippen molar-refractivity contribution in [1.82, 2.24) is 7.94 Å². The number of hydrogen-bond acceptors (Lipinski definition) is 5. The van der Waals surface area contributed by atoms with Gasteiger partial charge in [-0.15, -0.1) is 0 Å². The number of benzene rings is 3. The van der Waals surface area contributed by atoms with Crippen LogP contribution >= 0.6 is 11.6 Å². The van der Waals surface area contributed by atoms with Gasteiger partial charge >= 0.3 is 5.69 Å². The van der Waals surface area contributed by atoms with E-state index >= 15 is 0 Å². The molecule has 1 heterocycles. The first-order chi connectivity index (χ1) is 14.2. The second-order valence-corrected chi connectivity index (χ2v) is 10.5. The Labute approximate surface area is 177 Å². The molecule has 0 aliphatic heterocycles. The lowest BCUT2D eigenvalue weighted by Gasteiger charge is -2.08. The molecule has 0 saturated heterocycles. The molecule has 4 aromatic rings. The third kappa shape index (κ3) is 3.06. The van der Waals surface area contributed by atoms with E-state index < -0.39 is 25.7 Å². The van der Waals surface area contributed by atoms with E-state index in [-0.39, 0.29) is 20.8 Å². The zero-order chi connectivity index (χ0) is 21.7. The van der Waals surface area contributed by atoms with Crippen molar-refractivity contribution < 1.29 is 16.8 Å². The molecule has 4 rings (SSSR count). The minimum atomic E-state index is -4.38. The van der Waals surface area contributed by atoms with Gasteiger partial charge in [0.2, 0.25) is 0 Å². The first-order valence-corrected chi connectivity index (χ1v) is 12.0. The fraction of sp³-hybridized carbons (Fsp3) is 0.0500. The van der Waals surface area contributed by atoms with Crippen LogP contribution in [0.5, 0.6) is 0 Å². The minimum Gasteiger partial charge on any atom is -0.245 e. The van der Waals surface area contributed by atoms with E-state index in [1.165, 1.54) is 60.7 Å². The molecule has 0 radical (unpaired) electrons. The van der Waals surface area contributed by atoms with Crippen molar-refractivity contribution in [2.45, 2.75) is 16.7 Å². The number of rotatable bonds is 4. The summed E-state index contributed by atoms with van der Waals surface area (Å²) in [7, 11) is -8.74. The van der Waals surface area contributed by atoms with E-state index in [2.05, 4.69) is 0 Å². The van der Waals surface area contributed by atoms with Crippen molar-refractivity contribution in [2.24, 2.45) is 0 Å². The Morgan fingerprint density at radius 3 is 1.77 bits per heavy atom. The Morgan fingerprint density at radius 2 is 1.20 bits per heavy atom. The van der Waals surface area contributed by atoms with Crippen LogP contribution in [-0.4, -0.2) is 24.8 Å². The SMILES string of the molecule is Cc1ccccc1S(=O)(=O)n1c(=O)n(S(=O)(=O)c2ccc(Cl)cc2)c2ccccc21. The molecule has 0 unspecified atom stereocenters. The first-order valence-electron chi connectivity index (χ1n) is 8.70. The van der Waals surface area contributed by atoms with Crippen LogP contribution in [0.15, 0.2) is 87.4 Å². The van der Waals surface area contributed by atoms with E-state index in [4.69, 9.17) is 11.6 Å². The Morgan fingerprint density at radius 1 is 0.700 bits per heavy atom. The maximum atomic E-state index is 13.3. The van der Waals surface area contributed by atoms with Crippen molar-refractivity contribution >= 4 is 42.7 Å². The van der Waals surface area contributed by atoms with Gasteiger partial charge in [-0.1, -0.05) is 41.9 Å². The Balaban J connectivity index is 2.09. The topological polar surface area (TPSA) is 95.2 Å². The highest BCUT2D eigenvalue weighted by Crippen LogP contribution is 2.25. The van der Waals surface area contributed by atoms with E-state index in [1.54, 1.807) is 19.1 Å². The van der Waals surface area contributed by atoms with E-state index in [0.29, 0.717) is 18.5 Å². The predicted molar refractivity (Wildman–Crippen MR) is 114 cm³/mol. The van der Waals surface area contributed by atoms with Crippen molar-refractivity contribution in [3.05, 3.63) is 93.9 Å². The zero-order valence-corrected chi connectivity index (χ0v) is 17.9. The number of para-hydroxylation sites is 2. The largest absolute Gasteiger partial charge is 0.357 e. The van der Waals surface area contributed by atoms with Gasteiger partial charge in [0.1, 0.15) is 0 Å². The zero-order valence-electron chi connectivity index (χ0n) is 15.6. The van der Waals surface area contributed by atoms with E-state index in [9.17, 15) is 21.6 Å². The molecule has 0 atom stereocenters. The second kappa shape index (κ2) is 7.12. The second-order valence-electron chi connectivity index (χ2n) is 6.53. The number of aryl methyl sites for hydroxylation is 1. The summed E-state index contributed by atoms with van der Waals surface area (Å²) in [4.78, 5) is 13.0. The summed E-state index contributed by atoms with van der Waals surface area (Å²) >= 11 is 5.83. The monoisotopic (exact) mass is 462 g/mol. The number of fused-ring (bicyclic) bond motifs is 1. The molecule has 154 valence electrons. The molecule has 0 fully saturated rings. The highest BCUT2D eigenvalue weighted by Gasteiger charge is 2.31. The molecule has 0 bridgehead atoms. The molecular formula is C20H15ClN2O5S2. The lowest BCUT2D eigenvalue weighted by molar-refractivity contribution is 0.582. The summed E-state index contributed by atoms with van der Waals surface area (Å²) < 4.78 is 54.2. The smallest absolute Gasteiger partial charge is 0.245 e. The van der Waals surface area contributed by atoms with Crippen molar-refractivity contribution in [3.63, 3.8) is 0 Å². The number of hydrogen-bond donors (Lipinski definition) is 0. The number of halogens is 1. The van der Waals surface area contributed by atoms with Gasteiger partial charge in [0.05, 0.1) is 20.8 Å². The van der Waals surface area contributed by atoms with Crippen LogP contribution in [0.4, 0.5) is 0 Å². The number of nitrogens with zero attached hydrogens (tertiary/aromatic N) is 2. The Kier molecular flexibility index (Phi) is 4.84. The van der Waals surface area contributed by atoms with Gasteiger partial charge < -0.3 is 0 Å². The highest BCUT2D eigenvalue weighted by molar-refractivity contribution is 7.91. The van der Waals surface area contributed by atoms with Crippen LogP contribution in [0.25, 0.3) is 11.0 Å². The van der Waals surface area contributed by atoms with Crippen LogP contribution in [0, 0.1) is 6.92 Å². The standard InChI is InChI=1S/C20H15ClN2O5S2/c1-14-6-2-5-9-19(14)30(27,28)23-18-8-4-3-7-17(18)22(20(23)24)29(25,26)16-12-10-15(21)11-13-16/h2-13H,1H3. The molecule has 0 spiro atoms. The molecule has 1 aromatic heterocycles. The van der Waals surface area contributed by atoms with Gasteiger partial charge in [-0.2, -0.15) is 7.94 Å². The van der Waals surface area contributed by atoms with Crippen molar-refractivity contribution in [2.75, 3.05) is 0 Å². The average Bonchev–Trinajstić information content (AvgIpc) is 3.01. The summed E-state index contributed by atoms with van der Waals surface area (Å²) in [6.45, 7) is 1.60. The van der Waals surface area contributed by atoms with Crippen LogP contribution in [0.3, 0.4) is 0 Å². The maximum Gasteiger partial charge on any atom is 0.357 e. The molecule has 0 N–H and O–H groups in total. The predicted octanol–water partition coefficient (Wildman–Crippen LogP) is 3.24. The summed E-state index contributed by atoms with van der Waals surface area (Å²) in [5.74, 6) is 0. The van der Waals surface area contributed by atoms with Crippen LogP contribution < -0.4 is 5.69 Å². The van der Waals surface area contributed by atoms with Crippen LogP contribution in [0.1, 0.15) is 5.56 Å². The van der Waals surface area contributed by atoms with Gasteiger partial charge in [-0.05, 0) is 55.0 Å².